The summed E-state index contributed by atoms with van der Waals surface area (Å²) in [5.41, 5.74) is 1.18. The summed E-state index contributed by atoms with van der Waals surface area (Å²) in [6, 6.07) is 12.6. The molecule has 1 aliphatic rings. The van der Waals surface area contributed by atoms with Gasteiger partial charge in [-0.15, -0.1) is 0 Å². The molecule has 8 heteroatoms. The Hall–Kier alpha value is -3.26. The zero-order valence-electron chi connectivity index (χ0n) is 18.1. The van der Waals surface area contributed by atoms with Gasteiger partial charge in [-0.05, 0) is 51.2 Å². The monoisotopic (exact) mass is 426 g/mol. The van der Waals surface area contributed by atoms with Gasteiger partial charge >= 0.3 is 6.03 Å². The van der Waals surface area contributed by atoms with Crippen molar-refractivity contribution in [2.45, 2.75) is 25.4 Å². The maximum Gasteiger partial charge on any atom is 0.325 e. The highest BCUT2D eigenvalue weighted by molar-refractivity contribution is 6.09. The second-order valence-electron chi connectivity index (χ2n) is 8.15. The van der Waals surface area contributed by atoms with Crippen molar-refractivity contribution < 1.29 is 18.8 Å². The van der Waals surface area contributed by atoms with Crippen LogP contribution >= 0.6 is 0 Å². The summed E-state index contributed by atoms with van der Waals surface area (Å²) in [4.78, 5) is 40.7. The van der Waals surface area contributed by atoms with Gasteiger partial charge in [-0.25, -0.2) is 9.18 Å². The Balaban J connectivity index is 1.66. The van der Waals surface area contributed by atoms with E-state index in [1.807, 2.05) is 38.1 Å². The summed E-state index contributed by atoms with van der Waals surface area (Å²) in [7, 11) is 3.65. The van der Waals surface area contributed by atoms with E-state index in [2.05, 4.69) is 10.6 Å². The molecule has 0 spiro atoms. The van der Waals surface area contributed by atoms with Crippen LogP contribution in [0, 0.1) is 12.7 Å². The Morgan fingerprint density at radius 2 is 1.87 bits per heavy atom. The third-order valence-corrected chi connectivity index (χ3v) is 5.55. The van der Waals surface area contributed by atoms with E-state index >= 15 is 0 Å². The zero-order chi connectivity index (χ0) is 22.8. The number of likely N-dealkylation sites (N-methyl/N-ethyl adjacent to an activating group) is 1. The molecule has 0 aliphatic carbocycles. The average molecular weight is 426 g/mol. The van der Waals surface area contributed by atoms with E-state index in [9.17, 15) is 18.8 Å². The Morgan fingerprint density at radius 1 is 1.19 bits per heavy atom. The molecule has 1 aliphatic heterocycles. The highest BCUT2D eigenvalue weighted by atomic mass is 19.1. The molecule has 3 rings (SSSR count). The Labute approximate surface area is 181 Å². The van der Waals surface area contributed by atoms with Crippen LogP contribution in [-0.4, -0.2) is 54.8 Å². The van der Waals surface area contributed by atoms with Gasteiger partial charge in [0, 0.05) is 6.54 Å². The van der Waals surface area contributed by atoms with E-state index < -0.39 is 29.9 Å². The van der Waals surface area contributed by atoms with Crippen molar-refractivity contribution in [2.24, 2.45) is 0 Å². The van der Waals surface area contributed by atoms with Gasteiger partial charge in [0.15, 0.2) is 0 Å². The van der Waals surface area contributed by atoms with Crippen molar-refractivity contribution in [3.05, 3.63) is 71.0 Å². The van der Waals surface area contributed by atoms with Gasteiger partial charge in [0.2, 0.25) is 5.91 Å². The van der Waals surface area contributed by atoms with E-state index in [0.717, 1.165) is 10.5 Å². The highest BCUT2D eigenvalue weighted by Crippen LogP contribution is 2.29. The number of aryl methyl sites for hydroxylation is 1. The van der Waals surface area contributed by atoms with E-state index in [1.54, 1.807) is 31.2 Å². The number of halogens is 1. The first kappa shape index (κ1) is 22.4. The van der Waals surface area contributed by atoms with Crippen LogP contribution in [-0.2, 0) is 15.1 Å². The lowest BCUT2D eigenvalue weighted by molar-refractivity contribution is -0.134. The standard InChI is InChI=1S/C23H27FN4O3/c1-15-8-10-17(11-9-15)23(2)21(30)28(22(31)26-23)14-20(29)25-13-19(27(3)4)16-6-5-7-18(24)12-16/h5-12,19H,13-14H2,1-4H3,(H,25,29)(H,26,31). The van der Waals surface area contributed by atoms with Crippen molar-refractivity contribution in [3.8, 4) is 0 Å². The van der Waals surface area contributed by atoms with Crippen LogP contribution in [0.2, 0.25) is 0 Å². The van der Waals surface area contributed by atoms with Crippen molar-refractivity contribution in [2.75, 3.05) is 27.2 Å². The SMILES string of the molecule is Cc1ccc(C2(C)NC(=O)N(CC(=O)NCC(c3cccc(F)c3)N(C)C)C2=O)cc1. The second kappa shape index (κ2) is 8.85. The van der Waals surface area contributed by atoms with Gasteiger partial charge in [-0.3, -0.25) is 14.5 Å². The molecule has 2 aromatic rings. The molecular formula is C23H27FN4O3. The van der Waals surface area contributed by atoms with Crippen molar-refractivity contribution in [1.29, 1.82) is 0 Å². The first-order valence-electron chi connectivity index (χ1n) is 10.0. The molecule has 2 atom stereocenters. The van der Waals surface area contributed by atoms with Crippen LogP contribution in [0.15, 0.2) is 48.5 Å². The molecule has 1 saturated heterocycles. The van der Waals surface area contributed by atoms with Crippen LogP contribution in [0.4, 0.5) is 9.18 Å². The van der Waals surface area contributed by atoms with Crippen LogP contribution in [0.1, 0.15) is 29.7 Å². The Bertz CT molecular complexity index is 993. The molecule has 1 fully saturated rings. The number of urea groups is 1. The zero-order valence-corrected chi connectivity index (χ0v) is 18.1. The number of rotatable bonds is 7. The minimum Gasteiger partial charge on any atom is -0.353 e. The first-order valence-corrected chi connectivity index (χ1v) is 10.0. The Kier molecular flexibility index (Phi) is 6.40. The lowest BCUT2D eigenvalue weighted by atomic mass is 9.91. The smallest absolute Gasteiger partial charge is 0.325 e. The fourth-order valence-electron chi connectivity index (χ4n) is 3.65. The van der Waals surface area contributed by atoms with Crippen molar-refractivity contribution in [3.63, 3.8) is 0 Å². The molecule has 2 N–H and O–H groups in total. The van der Waals surface area contributed by atoms with Crippen LogP contribution in [0.25, 0.3) is 0 Å². The largest absolute Gasteiger partial charge is 0.353 e. The fraction of sp³-hybridized carbons (Fsp3) is 0.348. The number of hydrogen-bond acceptors (Lipinski definition) is 4. The molecule has 4 amide bonds. The van der Waals surface area contributed by atoms with E-state index in [4.69, 9.17) is 0 Å². The molecule has 0 saturated carbocycles. The molecule has 0 aromatic heterocycles. The normalized spacial score (nSPS) is 19.5. The summed E-state index contributed by atoms with van der Waals surface area (Å²) >= 11 is 0. The molecular weight excluding hydrogens is 399 g/mol. The minimum atomic E-state index is -1.22. The molecule has 2 unspecified atom stereocenters. The van der Waals surface area contributed by atoms with E-state index in [1.165, 1.54) is 12.1 Å². The number of imide groups is 1. The average Bonchev–Trinajstić information content (AvgIpc) is 2.92. The lowest BCUT2D eigenvalue weighted by Crippen LogP contribution is -2.44. The van der Waals surface area contributed by atoms with E-state index in [0.29, 0.717) is 11.1 Å². The topological polar surface area (TPSA) is 81.8 Å². The maximum absolute atomic E-state index is 13.6. The van der Waals surface area contributed by atoms with Gasteiger partial charge in [0.05, 0.1) is 6.04 Å². The summed E-state index contributed by atoms with van der Waals surface area (Å²) in [5, 5.41) is 5.44. The van der Waals surface area contributed by atoms with Crippen LogP contribution < -0.4 is 10.6 Å². The predicted molar refractivity (Wildman–Crippen MR) is 115 cm³/mol. The number of nitrogens with one attached hydrogen (secondary N) is 2. The molecule has 2 aromatic carbocycles. The number of hydrogen-bond donors (Lipinski definition) is 2. The number of nitrogens with zero attached hydrogens (tertiary/aromatic N) is 2. The quantitative estimate of drug-likeness (QED) is 0.666. The highest BCUT2D eigenvalue weighted by Gasteiger charge is 2.49. The van der Waals surface area contributed by atoms with Crippen LogP contribution in [0.3, 0.4) is 0 Å². The number of carbonyl (C=O) groups excluding carboxylic acids is 3. The Morgan fingerprint density at radius 3 is 2.48 bits per heavy atom. The maximum atomic E-state index is 13.6. The third-order valence-electron chi connectivity index (χ3n) is 5.55. The van der Waals surface area contributed by atoms with Crippen molar-refractivity contribution in [1.82, 2.24) is 20.4 Å². The van der Waals surface area contributed by atoms with Crippen LogP contribution in [0.5, 0.6) is 0 Å². The third kappa shape index (κ3) is 4.74. The molecule has 7 nitrogen and oxygen atoms in total. The molecule has 0 bridgehead atoms. The molecule has 0 radical (unpaired) electrons. The van der Waals surface area contributed by atoms with Gasteiger partial charge in [-0.2, -0.15) is 0 Å². The summed E-state index contributed by atoms with van der Waals surface area (Å²) < 4.78 is 13.6. The molecule has 164 valence electrons. The fourth-order valence-corrected chi connectivity index (χ4v) is 3.65. The predicted octanol–water partition coefficient (Wildman–Crippen LogP) is 2.32. The second-order valence-corrected chi connectivity index (χ2v) is 8.15. The van der Waals surface area contributed by atoms with Gasteiger partial charge in [-0.1, -0.05) is 42.0 Å². The summed E-state index contributed by atoms with van der Waals surface area (Å²) in [5.74, 6) is -1.31. The lowest BCUT2D eigenvalue weighted by Gasteiger charge is -2.25. The minimum absolute atomic E-state index is 0.203. The van der Waals surface area contributed by atoms with Gasteiger partial charge in [0.25, 0.3) is 5.91 Å². The molecule has 1 heterocycles. The van der Waals surface area contributed by atoms with E-state index in [-0.39, 0.29) is 18.4 Å². The van der Waals surface area contributed by atoms with Crippen molar-refractivity contribution >= 4 is 17.8 Å². The summed E-state index contributed by atoms with van der Waals surface area (Å²) in [6.45, 7) is 3.37. The number of carbonyl (C=O) groups is 3. The van der Waals surface area contributed by atoms with Gasteiger partial charge in [0.1, 0.15) is 17.9 Å². The summed E-state index contributed by atoms with van der Waals surface area (Å²) in [6.07, 6.45) is 0. The number of amides is 4. The number of benzene rings is 2. The molecule has 31 heavy (non-hydrogen) atoms. The first-order chi connectivity index (χ1) is 14.6. The van der Waals surface area contributed by atoms with Gasteiger partial charge < -0.3 is 15.5 Å².